The Morgan fingerprint density at radius 3 is 2.58 bits per heavy atom. The van der Waals surface area contributed by atoms with Crippen molar-refractivity contribution in [1.82, 2.24) is 0 Å². The fraction of sp³-hybridized carbons (Fsp3) is 0.571. The molecule has 68 valence electrons. The highest BCUT2D eigenvalue weighted by Gasteiger charge is 2.14. The zero-order chi connectivity index (χ0) is 9.56. The molecule has 0 saturated carbocycles. The Bertz CT molecular complexity index is 209. The minimum Gasteiger partial charge on any atom is -0.462 e. The minimum absolute atomic E-state index is 0.0850. The number of esters is 1. The third-order valence-electron chi connectivity index (χ3n) is 1.19. The minimum atomic E-state index is -0.614. The summed E-state index contributed by atoms with van der Waals surface area (Å²) < 4.78 is 4.58. The fourth-order valence-corrected chi connectivity index (χ4v) is 0.637. The molecule has 0 fully saturated rings. The Morgan fingerprint density at radius 1 is 1.67 bits per heavy atom. The largest absolute Gasteiger partial charge is 0.462 e. The Kier molecular flexibility index (Phi) is 4.67. The summed E-state index contributed by atoms with van der Waals surface area (Å²) in [7, 11) is 0. The number of rotatable bonds is 4. The summed E-state index contributed by atoms with van der Waals surface area (Å²) in [4.78, 5) is 20.4. The van der Waals surface area contributed by atoms with Gasteiger partial charge in [-0.05, 0) is 13.8 Å². The van der Waals surface area contributed by atoms with Gasteiger partial charge in [0, 0.05) is 4.92 Å². The van der Waals surface area contributed by atoms with Crippen LogP contribution < -0.4 is 0 Å². The van der Waals surface area contributed by atoms with Crippen LogP contribution in [-0.2, 0) is 9.53 Å². The number of ether oxygens (including phenoxy) is 1. The molecule has 12 heavy (non-hydrogen) atoms. The molecule has 0 aromatic heterocycles. The van der Waals surface area contributed by atoms with E-state index < -0.39 is 17.4 Å². The van der Waals surface area contributed by atoms with E-state index in [1.165, 1.54) is 6.08 Å². The normalized spacial score (nSPS) is 11.0. The number of carbonyl (C=O) groups is 1. The van der Waals surface area contributed by atoms with E-state index in [9.17, 15) is 14.9 Å². The number of hydrogen-bond acceptors (Lipinski definition) is 4. The summed E-state index contributed by atoms with van der Waals surface area (Å²) in [6.45, 7) is 2.97. The van der Waals surface area contributed by atoms with E-state index in [0.717, 1.165) is 0 Å². The average molecular weight is 173 g/mol. The summed E-state index contributed by atoms with van der Waals surface area (Å²) in [5.74, 6) is -0.614. The van der Waals surface area contributed by atoms with E-state index in [-0.39, 0.29) is 12.2 Å². The molecular formula is C7H11NO4. The van der Waals surface area contributed by atoms with Gasteiger partial charge in [0.05, 0.1) is 6.61 Å². The van der Waals surface area contributed by atoms with Crippen molar-refractivity contribution >= 4 is 5.97 Å². The maximum Gasteiger partial charge on any atom is 0.340 e. The number of nitrogens with zero attached hydrogens (tertiary/aromatic N) is 1. The second-order valence-electron chi connectivity index (χ2n) is 2.03. The van der Waals surface area contributed by atoms with Crippen LogP contribution in [0.15, 0.2) is 11.6 Å². The fourth-order valence-electron chi connectivity index (χ4n) is 0.637. The third-order valence-corrected chi connectivity index (χ3v) is 1.19. The van der Waals surface area contributed by atoms with Crippen LogP contribution in [0.4, 0.5) is 0 Å². The van der Waals surface area contributed by atoms with Crippen LogP contribution in [0.1, 0.15) is 13.8 Å². The molecule has 0 bridgehead atoms. The maximum absolute atomic E-state index is 10.9. The molecule has 0 amide bonds. The first-order chi connectivity index (χ1) is 5.61. The predicted molar refractivity (Wildman–Crippen MR) is 42.3 cm³/mol. The number of hydrogen-bond donors (Lipinski definition) is 0. The second kappa shape index (κ2) is 5.29. The van der Waals surface area contributed by atoms with Crippen LogP contribution in [0.5, 0.6) is 0 Å². The first-order valence-corrected chi connectivity index (χ1v) is 3.55. The van der Waals surface area contributed by atoms with Crippen molar-refractivity contribution in [3.63, 3.8) is 0 Å². The van der Waals surface area contributed by atoms with E-state index >= 15 is 0 Å². The molecule has 0 atom stereocenters. The highest BCUT2D eigenvalue weighted by molar-refractivity contribution is 5.88. The van der Waals surface area contributed by atoms with Crippen molar-refractivity contribution in [1.29, 1.82) is 0 Å². The van der Waals surface area contributed by atoms with Gasteiger partial charge < -0.3 is 4.74 Å². The molecule has 5 heteroatoms. The van der Waals surface area contributed by atoms with Gasteiger partial charge in [-0.3, -0.25) is 10.1 Å². The van der Waals surface area contributed by atoms with Crippen LogP contribution in [0.2, 0.25) is 0 Å². The summed E-state index contributed by atoms with van der Waals surface area (Å²) in [5, 5.41) is 10.0. The average Bonchev–Trinajstić information content (AvgIpc) is 2.00. The molecule has 0 aliphatic heterocycles. The summed E-state index contributed by atoms with van der Waals surface area (Å²) in [6, 6.07) is 0. The first kappa shape index (κ1) is 10.6. The number of nitro groups is 1. The van der Waals surface area contributed by atoms with E-state index in [1.54, 1.807) is 13.8 Å². The Labute approximate surface area is 70.2 Å². The van der Waals surface area contributed by atoms with Crippen molar-refractivity contribution < 1.29 is 14.5 Å². The van der Waals surface area contributed by atoms with Gasteiger partial charge in [0.2, 0.25) is 6.54 Å². The zero-order valence-electron chi connectivity index (χ0n) is 7.07. The second-order valence-corrected chi connectivity index (χ2v) is 2.03. The zero-order valence-corrected chi connectivity index (χ0v) is 7.07. The van der Waals surface area contributed by atoms with E-state index in [4.69, 9.17) is 0 Å². The molecule has 0 saturated heterocycles. The van der Waals surface area contributed by atoms with Gasteiger partial charge in [-0.25, -0.2) is 4.79 Å². The predicted octanol–water partition coefficient (Wildman–Crippen LogP) is 0.772. The highest BCUT2D eigenvalue weighted by Crippen LogP contribution is 1.98. The molecule has 0 spiro atoms. The van der Waals surface area contributed by atoms with Crippen LogP contribution in [0.25, 0.3) is 0 Å². The van der Waals surface area contributed by atoms with Gasteiger partial charge >= 0.3 is 5.97 Å². The lowest BCUT2D eigenvalue weighted by molar-refractivity contribution is -0.470. The maximum atomic E-state index is 10.9. The van der Waals surface area contributed by atoms with Gasteiger partial charge in [0.15, 0.2) is 0 Å². The molecule has 0 N–H and O–H groups in total. The first-order valence-electron chi connectivity index (χ1n) is 3.55. The molecule has 0 unspecified atom stereocenters. The lowest BCUT2D eigenvalue weighted by Crippen LogP contribution is -2.15. The quantitative estimate of drug-likeness (QED) is 0.272. The van der Waals surface area contributed by atoms with Crippen molar-refractivity contribution in [3.8, 4) is 0 Å². The SMILES string of the molecule is C/C=C(/C[N+](=O)[O-])C(=O)OCC. The van der Waals surface area contributed by atoms with Gasteiger partial charge in [0.25, 0.3) is 0 Å². The summed E-state index contributed by atoms with van der Waals surface area (Å²) in [6.07, 6.45) is 1.39. The lowest BCUT2D eigenvalue weighted by atomic mass is 10.2. The molecule has 0 rings (SSSR count). The van der Waals surface area contributed by atoms with Crippen molar-refractivity contribution in [2.24, 2.45) is 0 Å². The molecule has 0 radical (unpaired) electrons. The molecule has 5 nitrogen and oxygen atoms in total. The Hall–Kier alpha value is -1.39. The van der Waals surface area contributed by atoms with E-state index in [2.05, 4.69) is 4.74 Å². The smallest absolute Gasteiger partial charge is 0.340 e. The molecule has 0 heterocycles. The number of carbonyl (C=O) groups excluding carboxylic acids is 1. The number of allylic oxidation sites excluding steroid dienone is 1. The van der Waals surface area contributed by atoms with Crippen LogP contribution in [-0.4, -0.2) is 24.0 Å². The van der Waals surface area contributed by atoms with Crippen LogP contribution >= 0.6 is 0 Å². The molecule has 0 aliphatic rings. The third kappa shape index (κ3) is 3.70. The monoisotopic (exact) mass is 173 g/mol. The highest BCUT2D eigenvalue weighted by atomic mass is 16.6. The molecular weight excluding hydrogens is 162 g/mol. The van der Waals surface area contributed by atoms with Crippen molar-refractivity contribution in [2.45, 2.75) is 13.8 Å². The van der Waals surface area contributed by atoms with Crippen molar-refractivity contribution in [2.75, 3.05) is 13.2 Å². The standard InChI is InChI=1S/C7H11NO4/c1-3-6(5-8(10)11)7(9)12-4-2/h3H,4-5H2,1-2H3/b6-3-. The van der Waals surface area contributed by atoms with Crippen molar-refractivity contribution in [3.05, 3.63) is 21.8 Å². The Balaban J connectivity index is 4.17. The van der Waals surface area contributed by atoms with Gasteiger partial charge in [-0.1, -0.05) is 6.08 Å². The van der Waals surface area contributed by atoms with Gasteiger partial charge in [0.1, 0.15) is 5.57 Å². The van der Waals surface area contributed by atoms with E-state index in [1.807, 2.05) is 0 Å². The topological polar surface area (TPSA) is 69.4 Å². The van der Waals surface area contributed by atoms with Gasteiger partial charge in [-0.15, -0.1) is 0 Å². The Morgan fingerprint density at radius 2 is 2.25 bits per heavy atom. The lowest BCUT2D eigenvalue weighted by Gasteiger charge is -2.00. The van der Waals surface area contributed by atoms with Gasteiger partial charge in [-0.2, -0.15) is 0 Å². The molecule has 0 aromatic carbocycles. The van der Waals surface area contributed by atoms with Crippen LogP contribution in [0.3, 0.4) is 0 Å². The molecule has 0 aliphatic carbocycles. The van der Waals surface area contributed by atoms with Crippen LogP contribution in [0, 0.1) is 10.1 Å². The van der Waals surface area contributed by atoms with E-state index in [0.29, 0.717) is 0 Å². The summed E-state index contributed by atoms with van der Waals surface area (Å²) in [5.41, 5.74) is 0.0850. The summed E-state index contributed by atoms with van der Waals surface area (Å²) >= 11 is 0. The molecule has 0 aromatic rings.